The predicted octanol–water partition coefficient (Wildman–Crippen LogP) is 1.70. The Labute approximate surface area is 102 Å². The lowest BCUT2D eigenvalue weighted by molar-refractivity contribution is 0.0786. The minimum absolute atomic E-state index is 0.0152. The van der Waals surface area contributed by atoms with Crippen LogP contribution in [-0.2, 0) is 0 Å². The molecule has 4 heteroatoms. The third kappa shape index (κ3) is 2.57. The Morgan fingerprint density at radius 3 is 2.88 bits per heavy atom. The smallest absolute Gasteiger partial charge is 0.255 e. The maximum atomic E-state index is 12.2. The molecule has 1 saturated carbocycles. The first-order valence-electron chi connectivity index (χ1n) is 5.96. The first-order valence-corrected chi connectivity index (χ1v) is 5.96. The minimum Gasteiger partial charge on any atom is -0.397 e. The van der Waals surface area contributed by atoms with Crippen LogP contribution >= 0.6 is 0 Å². The SMILES string of the molecule is Cc1ncc(N)cc1C(=O)N(C)CC1CC1C. The maximum absolute atomic E-state index is 12.2. The average Bonchev–Trinajstić information content (AvgIpc) is 2.96. The van der Waals surface area contributed by atoms with Crippen LogP contribution in [0.2, 0.25) is 0 Å². The van der Waals surface area contributed by atoms with Crippen molar-refractivity contribution in [3.8, 4) is 0 Å². The molecule has 17 heavy (non-hydrogen) atoms. The lowest BCUT2D eigenvalue weighted by Crippen LogP contribution is -2.29. The number of nitrogens with two attached hydrogens (primary N) is 1. The molecule has 0 aliphatic heterocycles. The van der Waals surface area contributed by atoms with Gasteiger partial charge in [-0.25, -0.2) is 0 Å². The third-order valence-electron chi connectivity index (χ3n) is 3.47. The van der Waals surface area contributed by atoms with Crippen molar-refractivity contribution in [2.45, 2.75) is 20.3 Å². The van der Waals surface area contributed by atoms with E-state index in [1.807, 2.05) is 14.0 Å². The number of pyridine rings is 1. The number of nitrogens with zero attached hydrogens (tertiary/aromatic N) is 2. The molecule has 4 nitrogen and oxygen atoms in total. The second kappa shape index (κ2) is 4.35. The molecule has 2 rings (SSSR count). The van der Waals surface area contributed by atoms with Crippen LogP contribution in [0.3, 0.4) is 0 Å². The van der Waals surface area contributed by atoms with E-state index in [4.69, 9.17) is 5.73 Å². The van der Waals surface area contributed by atoms with Crippen LogP contribution in [0.25, 0.3) is 0 Å². The zero-order chi connectivity index (χ0) is 12.6. The molecule has 0 bridgehead atoms. The highest BCUT2D eigenvalue weighted by Crippen LogP contribution is 2.38. The predicted molar refractivity (Wildman–Crippen MR) is 67.6 cm³/mol. The second-order valence-electron chi connectivity index (χ2n) is 5.06. The summed E-state index contributed by atoms with van der Waals surface area (Å²) in [5.74, 6) is 1.44. The van der Waals surface area contributed by atoms with Crippen LogP contribution < -0.4 is 5.73 Å². The minimum atomic E-state index is 0.0152. The number of aromatic nitrogens is 1. The van der Waals surface area contributed by atoms with E-state index in [1.165, 1.54) is 6.42 Å². The van der Waals surface area contributed by atoms with Crippen LogP contribution in [0.1, 0.15) is 29.4 Å². The van der Waals surface area contributed by atoms with Crippen molar-refractivity contribution in [1.82, 2.24) is 9.88 Å². The maximum Gasteiger partial charge on any atom is 0.255 e. The number of anilines is 1. The van der Waals surface area contributed by atoms with Crippen LogP contribution in [0.4, 0.5) is 5.69 Å². The van der Waals surface area contributed by atoms with Gasteiger partial charge >= 0.3 is 0 Å². The van der Waals surface area contributed by atoms with E-state index >= 15 is 0 Å². The van der Waals surface area contributed by atoms with Gasteiger partial charge in [-0.05, 0) is 31.2 Å². The normalized spacial score (nSPS) is 22.3. The molecule has 2 unspecified atom stereocenters. The molecule has 1 aromatic heterocycles. The van der Waals surface area contributed by atoms with Gasteiger partial charge in [0.25, 0.3) is 5.91 Å². The molecule has 2 N–H and O–H groups in total. The van der Waals surface area contributed by atoms with Crippen LogP contribution in [0.5, 0.6) is 0 Å². The quantitative estimate of drug-likeness (QED) is 0.864. The summed E-state index contributed by atoms with van der Waals surface area (Å²) in [5.41, 5.74) is 7.55. The summed E-state index contributed by atoms with van der Waals surface area (Å²) in [5, 5.41) is 0. The molecular weight excluding hydrogens is 214 g/mol. The van der Waals surface area contributed by atoms with E-state index in [9.17, 15) is 4.79 Å². The van der Waals surface area contributed by atoms with Crippen LogP contribution in [0.15, 0.2) is 12.3 Å². The van der Waals surface area contributed by atoms with Gasteiger partial charge in [-0.1, -0.05) is 6.92 Å². The monoisotopic (exact) mass is 233 g/mol. The van der Waals surface area contributed by atoms with Crippen molar-refractivity contribution in [1.29, 1.82) is 0 Å². The molecule has 0 aromatic carbocycles. The van der Waals surface area contributed by atoms with Crippen LogP contribution in [-0.4, -0.2) is 29.4 Å². The molecule has 92 valence electrons. The number of hydrogen-bond acceptors (Lipinski definition) is 3. The molecule has 1 heterocycles. The zero-order valence-electron chi connectivity index (χ0n) is 10.6. The van der Waals surface area contributed by atoms with Crippen molar-refractivity contribution < 1.29 is 4.79 Å². The topological polar surface area (TPSA) is 59.2 Å². The van der Waals surface area contributed by atoms with Gasteiger partial charge < -0.3 is 10.6 Å². The van der Waals surface area contributed by atoms with E-state index in [0.29, 0.717) is 17.2 Å². The Bertz CT molecular complexity index is 444. The van der Waals surface area contributed by atoms with E-state index in [1.54, 1.807) is 17.2 Å². The summed E-state index contributed by atoms with van der Waals surface area (Å²) in [6.07, 6.45) is 2.81. The highest BCUT2D eigenvalue weighted by atomic mass is 16.2. The van der Waals surface area contributed by atoms with Crippen molar-refractivity contribution in [3.05, 3.63) is 23.5 Å². The van der Waals surface area contributed by atoms with Crippen LogP contribution in [0, 0.1) is 18.8 Å². The Kier molecular flexibility index (Phi) is 3.05. The van der Waals surface area contributed by atoms with Gasteiger partial charge in [0, 0.05) is 13.6 Å². The Hall–Kier alpha value is -1.58. The molecule has 0 radical (unpaired) electrons. The fraction of sp³-hybridized carbons (Fsp3) is 0.538. The summed E-state index contributed by atoms with van der Waals surface area (Å²) < 4.78 is 0. The van der Waals surface area contributed by atoms with Gasteiger partial charge in [-0.2, -0.15) is 0 Å². The first kappa shape index (κ1) is 11.9. The van der Waals surface area contributed by atoms with E-state index < -0.39 is 0 Å². The third-order valence-corrected chi connectivity index (χ3v) is 3.47. The molecule has 1 amide bonds. The Balaban J connectivity index is 2.10. The second-order valence-corrected chi connectivity index (χ2v) is 5.06. The summed E-state index contributed by atoms with van der Waals surface area (Å²) in [4.78, 5) is 18.1. The molecule has 1 fully saturated rings. The van der Waals surface area contributed by atoms with Crippen molar-refractivity contribution in [2.75, 3.05) is 19.3 Å². The summed E-state index contributed by atoms with van der Waals surface area (Å²) in [6.45, 7) is 4.88. The summed E-state index contributed by atoms with van der Waals surface area (Å²) >= 11 is 0. The fourth-order valence-corrected chi connectivity index (χ4v) is 2.06. The van der Waals surface area contributed by atoms with Crippen molar-refractivity contribution in [3.63, 3.8) is 0 Å². The number of amides is 1. The number of carbonyl (C=O) groups excluding carboxylic acids is 1. The standard InChI is InChI=1S/C13H19N3O/c1-8-4-10(8)7-16(3)13(17)12-5-11(14)6-15-9(12)2/h5-6,8,10H,4,7,14H2,1-3H3. The van der Waals surface area contributed by atoms with E-state index in [0.717, 1.165) is 18.2 Å². The fourth-order valence-electron chi connectivity index (χ4n) is 2.06. The molecule has 1 aromatic rings. The number of hydrogen-bond donors (Lipinski definition) is 1. The molecule has 1 aliphatic carbocycles. The van der Waals surface area contributed by atoms with E-state index in [-0.39, 0.29) is 5.91 Å². The molecule has 0 spiro atoms. The summed E-state index contributed by atoms with van der Waals surface area (Å²) in [7, 11) is 1.84. The number of nitrogen functional groups attached to an aromatic ring is 1. The van der Waals surface area contributed by atoms with Crippen molar-refractivity contribution >= 4 is 11.6 Å². The van der Waals surface area contributed by atoms with Gasteiger partial charge in [-0.15, -0.1) is 0 Å². The average molecular weight is 233 g/mol. The first-order chi connectivity index (χ1) is 7.99. The Morgan fingerprint density at radius 1 is 1.65 bits per heavy atom. The summed E-state index contributed by atoms with van der Waals surface area (Å²) in [6, 6.07) is 1.71. The number of carbonyl (C=O) groups is 1. The highest BCUT2D eigenvalue weighted by Gasteiger charge is 2.34. The molecular formula is C13H19N3O. The zero-order valence-corrected chi connectivity index (χ0v) is 10.6. The van der Waals surface area contributed by atoms with Gasteiger partial charge in [0.2, 0.25) is 0 Å². The van der Waals surface area contributed by atoms with E-state index in [2.05, 4.69) is 11.9 Å². The number of aryl methyl sites for hydroxylation is 1. The molecule has 2 atom stereocenters. The highest BCUT2D eigenvalue weighted by molar-refractivity contribution is 5.95. The molecule has 1 aliphatic rings. The van der Waals surface area contributed by atoms with Gasteiger partial charge in [-0.3, -0.25) is 9.78 Å². The Morgan fingerprint density at radius 2 is 2.29 bits per heavy atom. The van der Waals surface area contributed by atoms with Gasteiger partial charge in [0.1, 0.15) is 0 Å². The lowest BCUT2D eigenvalue weighted by atomic mass is 10.1. The van der Waals surface area contributed by atoms with Gasteiger partial charge in [0.05, 0.1) is 23.1 Å². The largest absolute Gasteiger partial charge is 0.397 e. The molecule has 0 saturated heterocycles. The van der Waals surface area contributed by atoms with Crippen molar-refractivity contribution in [2.24, 2.45) is 11.8 Å². The lowest BCUT2D eigenvalue weighted by Gasteiger charge is -2.18. The number of rotatable bonds is 3. The van der Waals surface area contributed by atoms with Gasteiger partial charge in [0.15, 0.2) is 0 Å².